The van der Waals surface area contributed by atoms with E-state index in [0.29, 0.717) is 16.0 Å². The van der Waals surface area contributed by atoms with Crippen molar-refractivity contribution in [1.29, 1.82) is 0 Å². The Labute approximate surface area is 418 Å². The van der Waals surface area contributed by atoms with E-state index < -0.39 is 48.6 Å². The Hall–Kier alpha value is -7.51. The van der Waals surface area contributed by atoms with E-state index in [4.69, 9.17) is 37.0 Å². The Morgan fingerprint density at radius 2 is 0.958 bits per heavy atom. The van der Waals surface area contributed by atoms with Crippen LogP contribution in [0.1, 0.15) is 23.6 Å². The number of methoxy groups -OCH3 is 1. The van der Waals surface area contributed by atoms with Crippen LogP contribution in [-0.2, 0) is 68.8 Å². The number of nitrogens with zero attached hydrogens (tertiary/aromatic N) is 9. The zero-order chi connectivity index (χ0) is 51.2. The van der Waals surface area contributed by atoms with Crippen LogP contribution in [0.4, 0.5) is 17.5 Å². The fraction of sp³-hybridized carbons (Fsp3) is 0.214. The molecule has 0 radical (unpaired) electrons. The van der Waals surface area contributed by atoms with E-state index in [9.17, 15) is 39.6 Å². The van der Waals surface area contributed by atoms with E-state index in [0.717, 1.165) is 17.0 Å². The van der Waals surface area contributed by atoms with Gasteiger partial charge in [0.05, 0.1) is 41.4 Å². The second-order valence-corrected chi connectivity index (χ2v) is 19.7. The normalized spacial score (nSPS) is 14.3. The number of rotatable bonds is 10. The number of aromatic nitrogens is 6. The van der Waals surface area contributed by atoms with E-state index in [2.05, 4.69) is 34.6 Å². The Balaban J connectivity index is 0.000000263. The lowest BCUT2D eigenvalue weighted by molar-refractivity contribution is -0.143. The fourth-order valence-electron chi connectivity index (χ4n) is 6.26. The topological polar surface area (TPSA) is 401 Å². The van der Waals surface area contributed by atoms with Gasteiger partial charge < -0.3 is 41.8 Å². The molecule has 0 fully saturated rings. The van der Waals surface area contributed by atoms with Crippen molar-refractivity contribution in [1.82, 2.24) is 36.1 Å². The highest BCUT2D eigenvalue weighted by Crippen LogP contribution is 2.36. The second-order valence-electron chi connectivity index (χ2n) is 13.9. The number of ketones is 1. The molecule has 72 heavy (non-hydrogen) atoms. The molecule has 0 saturated carbocycles. The van der Waals surface area contributed by atoms with E-state index in [-0.39, 0.29) is 94.8 Å². The number of aliphatic hydroxyl groups excluding tert-OH is 2. The predicted molar refractivity (Wildman–Crippen MR) is 257 cm³/mol. The average molecular weight is 1080 g/mol. The van der Waals surface area contributed by atoms with Gasteiger partial charge in [0, 0.05) is 43.9 Å². The number of primary amides is 1. The summed E-state index contributed by atoms with van der Waals surface area (Å²) >= 11 is 5.68. The number of esters is 1. The van der Waals surface area contributed by atoms with Gasteiger partial charge in [-0.05, 0) is 53.4 Å². The molecule has 0 spiro atoms. The van der Waals surface area contributed by atoms with Crippen molar-refractivity contribution in [3.8, 4) is 12.0 Å². The molecular formula is C42H48ClN11O15S3. The van der Waals surface area contributed by atoms with Crippen LogP contribution in [0.5, 0.6) is 12.0 Å². The van der Waals surface area contributed by atoms with E-state index in [1.807, 2.05) is 6.07 Å². The number of benzene rings is 3. The first-order valence-electron chi connectivity index (χ1n) is 20.0. The highest BCUT2D eigenvalue weighted by atomic mass is 35.5. The minimum atomic E-state index is -3.65. The van der Waals surface area contributed by atoms with Crippen molar-refractivity contribution in [2.45, 2.75) is 41.2 Å². The number of Topliss-reactive ketones (excluding diaryl/α,β-unsaturated/α-hetero) is 1. The van der Waals surface area contributed by atoms with Gasteiger partial charge >= 0.3 is 18.0 Å². The molecule has 3 aromatic carbocycles. The van der Waals surface area contributed by atoms with Crippen molar-refractivity contribution in [2.75, 3.05) is 47.0 Å². The number of aliphatic hydroxyl groups is 2. The summed E-state index contributed by atoms with van der Waals surface area (Å²) in [5.41, 5.74) is 7.14. The van der Waals surface area contributed by atoms with Crippen LogP contribution < -0.4 is 34.3 Å². The average Bonchev–Trinajstić information content (AvgIpc) is 3.92. The van der Waals surface area contributed by atoms with Gasteiger partial charge in [-0.25, -0.2) is 57.9 Å². The third-order valence-electron chi connectivity index (χ3n) is 9.28. The molecule has 386 valence electrons. The molecule has 30 heteroatoms. The number of fused-ring (bicyclic) bond motifs is 3. The zero-order valence-electron chi connectivity index (χ0n) is 38.3. The van der Waals surface area contributed by atoms with Crippen LogP contribution >= 0.6 is 11.6 Å². The number of carbonyl (C=O) groups is 3. The largest absolute Gasteiger partial charge is 0.467 e. The van der Waals surface area contributed by atoms with Crippen LogP contribution in [-0.4, -0.2) is 123 Å². The molecule has 0 bridgehead atoms. The van der Waals surface area contributed by atoms with Crippen LogP contribution in [0.2, 0.25) is 5.28 Å². The molecule has 0 unspecified atom stereocenters. The zero-order valence-corrected chi connectivity index (χ0v) is 41.5. The molecule has 3 aliphatic heterocycles. The number of amides is 1. The molecule has 0 saturated heterocycles. The van der Waals surface area contributed by atoms with Gasteiger partial charge in [-0.3, -0.25) is 9.59 Å². The fourth-order valence-corrected chi connectivity index (χ4v) is 11.2. The maximum atomic E-state index is 12.5. The highest BCUT2D eigenvalue weighted by molar-refractivity contribution is 7.93. The number of halogens is 1. The summed E-state index contributed by atoms with van der Waals surface area (Å²) in [5, 5.41) is 14.9. The molecule has 0 atom stereocenters. The van der Waals surface area contributed by atoms with E-state index in [1.54, 1.807) is 66.7 Å². The Bertz CT molecular complexity index is 3050. The van der Waals surface area contributed by atoms with Gasteiger partial charge in [0.2, 0.25) is 5.28 Å². The van der Waals surface area contributed by atoms with Crippen molar-refractivity contribution in [2.24, 2.45) is 5.73 Å². The molecule has 6 heterocycles. The van der Waals surface area contributed by atoms with Crippen molar-refractivity contribution in [3.05, 3.63) is 132 Å². The smallest absolute Gasteiger partial charge is 0.331 e. The summed E-state index contributed by atoms with van der Waals surface area (Å²) in [4.78, 5) is 55.6. The molecule has 26 nitrogen and oxygen atoms in total. The third kappa shape index (κ3) is 14.1. The van der Waals surface area contributed by atoms with Crippen LogP contribution in [0, 0.1) is 0 Å². The summed E-state index contributed by atoms with van der Waals surface area (Å²) in [6, 6.07) is 24.8. The second kappa shape index (κ2) is 26.1. The van der Waals surface area contributed by atoms with E-state index in [1.165, 1.54) is 59.4 Å². The maximum absolute atomic E-state index is 12.5. The van der Waals surface area contributed by atoms with Crippen LogP contribution in [0.15, 0.2) is 124 Å². The maximum Gasteiger partial charge on any atom is 0.331 e. The van der Waals surface area contributed by atoms with Crippen molar-refractivity contribution in [3.63, 3.8) is 0 Å². The summed E-state index contributed by atoms with van der Waals surface area (Å²) in [5.74, 6) is -0.776. The molecule has 3 aromatic heterocycles. The number of nitrogens with two attached hydrogens (primary N) is 1. The number of sulfonamides is 3. The lowest BCUT2D eigenvalue weighted by atomic mass is 10.2. The number of hydrogen-bond acceptors (Lipinski definition) is 21. The predicted octanol–water partition coefficient (Wildman–Crippen LogP) is 1.14. The molecule has 9 N–H and O–H groups in total. The summed E-state index contributed by atoms with van der Waals surface area (Å²) in [7, 11) is -8.59. The Morgan fingerprint density at radius 1 is 0.611 bits per heavy atom. The Kier molecular flexibility index (Phi) is 21.3. The van der Waals surface area contributed by atoms with Crippen molar-refractivity contribution < 1.29 is 69.5 Å². The summed E-state index contributed by atoms with van der Waals surface area (Å²) < 4.78 is 92.4. The van der Waals surface area contributed by atoms with Crippen molar-refractivity contribution >= 4 is 76.8 Å². The van der Waals surface area contributed by atoms with Gasteiger partial charge in [-0.2, -0.15) is 15.0 Å². The minimum absolute atomic E-state index is 0. The molecule has 1 amide bonds. The SMILES string of the molecule is CC(=O)COc1nccc(N2Cc3ccccc3S2(=O)=O)n1.CO.COC(=O)CO.N.NC(=O)COc1nccc(N2Cc3ccccc3S2(=O)=O)n1.O.O=S1(=O)c2ccccc2CN1c1ccnc(Cl)n1. The Morgan fingerprint density at radius 3 is 1.26 bits per heavy atom. The summed E-state index contributed by atoms with van der Waals surface area (Å²) in [6.07, 6.45) is 4.19. The standard InChI is InChI=1S/C14H13N3O4S.C13H12N4O4S.C11H8ClN3O2S.C3H6O3.CH4O.H3N.H2O/c1-10(18)9-21-14-15-7-6-13(16-14)17-8-11-4-2-3-5-12(11)22(17,19)20;14-11(18)8-21-13-15-6-5-12(16-13)17-7-9-3-1-2-4-10(9)22(17,19)20;12-11-13-6-5-10(14-11)15-7-8-3-1-2-4-9(8)18(15,16)17;1-6-3(5)2-4;1-2;;/h2-7H,8-9H2,1H3;1-6H,7-8H2,(H2,14,18);1-6H,7H2;4H,2H2,1H3;2H,1H3;1H3;1H2. The lowest BCUT2D eigenvalue weighted by Gasteiger charge is -2.16. The van der Waals surface area contributed by atoms with Crippen LogP contribution in [0.3, 0.4) is 0 Å². The van der Waals surface area contributed by atoms with Crippen LogP contribution in [0.25, 0.3) is 0 Å². The quantitative estimate of drug-likeness (QED) is 0.110. The van der Waals surface area contributed by atoms with Gasteiger partial charge in [0.1, 0.15) is 30.7 Å². The highest BCUT2D eigenvalue weighted by Gasteiger charge is 2.37. The van der Waals surface area contributed by atoms with Gasteiger partial charge in [-0.15, -0.1) is 0 Å². The van der Waals surface area contributed by atoms with Gasteiger partial charge in [-0.1, -0.05) is 54.6 Å². The first kappa shape index (κ1) is 58.8. The lowest BCUT2D eigenvalue weighted by Crippen LogP contribution is -2.25. The molecular weight excluding hydrogens is 1030 g/mol. The number of carbonyl (C=O) groups excluding carboxylic acids is 3. The number of anilines is 3. The minimum Gasteiger partial charge on any atom is -0.467 e. The number of hydrogen-bond donors (Lipinski definition) is 4. The summed E-state index contributed by atoms with van der Waals surface area (Å²) in [6.45, 7) is 0.979. The van der Waals surface area contributed by atoms with Gasteiger partial charge in [0.15, 0.2) is 12.4 Å². The molecule has 3 aliphatic rings. The first-order chi connectivity index (χ1) is 33.4. The van der Waals surface area contributed by atoms with Gasteiger partial charge in [0.25, 0.3) is 36.0 Å². The molecule has 6 aromatic rings. The number of ether oxygens (including phenoxy) is 3. The monoisotopic (exact) mass is 1080 g/mol. The third-order valence-corrected chi connectivity index (χ3v) is 15.0. The molecule has 9 rings (SSSR count). The van der Waals surface area contributed by atoms with E-state index >= 15 is 0 Å². The molecule has 0 aliphatic carbocycles. The first-order valence-corrected chi connectivity index (χ1v) is 24.7.